The fourth-order valence-corrected chi connectivity index (χ4v) is 5.36. The number of benzene rings is 1. The fourth-order valence-electron chi connectivity index (χ4n) is 5.36. The van der Waals surface area contributed by atoms with Crippen LogP contribution in [0.4, 0.5) is 8.78 Å². The van der Waals surface area contributed by atoms with Gasteiger partial charge in [-0.3, -0.25) is 9.69 Å². The Morgan fingerprint density at radius 2 is 1.74 bits per heavy atom. The van der Waals surface area contributed by atoms with Gasteiger partial charge in [-0.2, -0.15) is 0 Å². The molecule has 3 aliphatic rings. The lowest BCUT2D eigenvalue weighted by molar-refractivity contribution is -0.142. The Morgan fingerprint density at radius 3 is 2.48 bits per heavy atom. The van der Waals surface area contributed by atoms with Crippen LogP contribution in [0, 0.1) is 23.5 Å². The van der Waals surface area contributed by atoms with Gasteiger partial charge in [0, 0.05) is 44.2 Å². The molecule has 1 aromatic carbocycles. The zero-order valence-corrected chi connectivity index (χ0v) is 16.0. The molecule has 0 N–H and O–H groups in total. The third-order valence-corrected chi connectivity index (χ3v) is 6.85. The van der Waals surface area contributed by atoms with Gasteiger partial charge in [0.05, 0.1) is 0 Å². The van der Waals surface area contributed by atoms with Crippen LogP contribution in [0.5, 0.6) is 0 Å². The van der Waals surface area contributed by atoms with Crippen molar-refractivity contribution in [2.45, 2.75) is 64.0 Å². The van der Waals surface area contributed by atoms with Gasteiger partial charge in [-0.25, -0.2) is 8.78 Å². The van der Waals surface area contributed by atoms with Gasteiger partial charge in [-0.1, -0.05) is 25.3 Å². The maximum atomic E-state index is 14.0. The summed E-state index contributed by atoms with van der Waals surface area (Å²) in [5.41, 5.74) is 0.168. The maximum absolute atomic E-state index is 14.0. The quantitative estimate of drug-likeness (QED) is 0.780. The van der Waals surface area contributed by atoms with Crippen LogP contribution in [-0.2, 0) is 11.3 Å². The van der Waals surface area contributed by atoms with E-state index in [0.29, 0.717) is 36.8 Å². The van der Waals surface area contributed by atoms with Crippen molar-refractivity contribution in [3.8, 4) is 0 Å². The van der Waals surface area contributed by atoms with Crippen LogP contribution < -0.4 is 0 Å². The van der Waals surface area contributed by atoms with Crippen molar-refractivity contribution in [3.63, 3.8) is 0 Å². The van der Waals surface area contributed by atoms with E-state index >= 15 is 0 Å². The van der Waals surface area contributed by atoms with Crippen LogP contribution in [-0.4, -0.2) is 41.4 Å². The SMILES string of the molecule is O=C1CC[C@@H]2CN(Cc3c(F)cccc3F)CC[C@@H]2N1CC1CCCCC1. The van der Waals surface area contributed by atoms with E-state index in [9.17, 15) is 13.6 Å². The van der Waals surface area contributed by atoms with Crippen LogP contribution in [0.1, 0.15) is 56.9 Å². The average Bonchev–Trinajstić information content (AvgIpc) is 2.68. The highest BCUT2D eigenvalue weighted by atomic mass is 19.1. The van der Waals surface area contributed by atoms with Crippen LogP contribution in [0.15, 0.2) is 18.2 Å². The number of carbonyl (C=O) groups excluding carboxylic acids is 1. The molecule has 1 aliphatic carbocycles. The van der Waals surface area contributed by atoms with E-state index in [2.05, 4.69) is 9.80 Å². The predicted molar refractivity (Wildman–Crippen MR) is 101 cm³/mol. The summed E-state index contributed by atoms with van der Waals surface area (Å²) in [4.78, 5) is 16.9. The Balaban J connectivity index is 1.40. The normalized spacial score (nSPS) is 27.6. The highest BCUT2D eigenvalue weighted by molar-refractivity contribution is 5.77. The van der Waals surface area contributed by atoms with E-state index in [1.807, 2.05) is 0 Å². The molecule has 0 bridgehead atoms. The summed E-state index contributed by atoms with van der Waals surface area (Å²) in [7, 11) is 0. The summed E-state index contributed by atoms with van der Waals surface area (Å²) in [5.74, 6) is 0.474. The second-order valence-electron chi connectivity index (χ2n) is 8.64. The first-order valence-corrected chi connectivity index (χ1v) is 10.6. The summed E-state index contributed by atoms with van der Waals surface area (Å²) in [6, 6.07) is 4.39. The first-order chi connectivity index (χ1) is 13.1. The molecule has 4 rings (SSSR count). The molecule has 1 aromatic rings. The highest BCUT2D eigenvalue weighted by Crippen LogP contribution is 2.34. The zero-order valence-electron chi connectivity index (χ0n) is 16.0. The van der Waals surface area contributed by atoms with E-state index in [1.54, 1.807) is 0 Å². The zero-order chi connectivity index (χ0) is 18.8. The molecule has 1 amide bonds. The predicted octanol–water partition coefficient (Wildman–Crippen LogP) is 4.36. The van der Waals surface area contributed by atoms with Crippen molar-refractivity contribution in [2.24, 2.45) is 11.8 Å². The van der Waals surface area contributed by atoms with Crippen molar-refractivity contribution in [1.82, 2.24) is 9.80 Å². The molecule has 1 saturated carbocycles. The summed E-state index contributed by atoms with van der Waals surface area (Å²) >= 11 is 0. The van der Waals surface area contributed by atoms with Gasteiger partial charge in [0.2, 0.25) is 5.91 Å². The van der Waals surface area contributed by atoms with Gasteiger partial charge in [0.1, 0.15) is 11.6 Å². The number of rotatable bonds is 4. The molecule has 2 heterocycles. The van der Waals surface area contributed by atoms with Crippen molar-refractivity contribution in [2.75, 3.05) is 19.6 Å². The van der Waals surface area contributed by atoms with Gasteiger partial charge in [-0.05, 0) is 49.7 Å². The number of likely N-dealkylation sites (tertiary alicyclic amines) is 2. The minimum Gasteiger partial charge on any atom is -0.339 e. The van der Waals surface area contributed by atoms with Gasteiger partial charge in [0.15, 0.2) is 0 Å². The number of piperidine rings is 2. The van der Waals surface area contributed by atoms with E-state index in [1.165, 1.54) is 50.3 Å². The number of halogens is 2. The minimum atomic E-state index is -0.463. The Morgan fingerprint density at radius 1 is 1.00 bits per heavy atom. The Bertz CT molecular complexity index is 654. The number of carbonyl (C=O) groups is 1. The summed E-state index contributed by atoms with van der Waals surface area (Å²) in [6.45, 7) is 2.86. The molecule has 2 saturated heterocycles. The minimum absolute atomic E-state index is 0.168. The monoisotopic (exact) mass is 376 g/mol. The lowest BCUT2D eigenvalue weighted by Crippen LogP contribution is -2.56. The second kappa shape index (κ2) is 8.26. The molecule has 0 spiro atoms. The third kappa shape index (κ3) is 4.18. The van der Waals surface area contributed by atoms with Gasteiger partial charge in [-0.15, -0.1) is 0 Å². The van der Waals surface area contributed by atoms with Gasteiger partial charge < -0.3 is 4.90 Å². The molecule has 2 atom stereocenters. The lowest BCUT2D eigenvalue weighted by Gasteiger charge is -2.48. The Kier molecular flexibility index (Phi) is 5.76. The summed E-state index contributed by atoms with van der Waals surface area (Å²) in [6.07, 6.45) is 8.86. The van der Waals surface area contributed by atoms with Crippen LogP contribution in [0.25, 0.3) is 0 Å². The first-order valence-electron chi connectivity index (χ1n) is 10.6. The number of nitrogens with zero attached hydrogens (tertiary/aromatic N) is 2. The van der Waals surface area contributed by atoms with Crippen LogP contribution >= 0.6 is 0 Å². The molecule has 0 aromatic heterocycles. The highest BCUT2D eigenvalue weighted by Gasteiger charge is 2.40. The fraction of sp³-hybridized carbons (Fsp3) is 0.682. The Hall–Kier alpha value is -1.49. The van der Waals surface area contributed by atoms with Crippen molar-refractivity contribution in [1.29, 1.82) is 0 Å². The maximum Gasteiger partial charge on any atom is 0.222 e. The third-order valence-electron chi connectivity index (χ3n) is 6.85. The van der Waals surface area contributed by atoms with Gasteiger partial charge >= 0.3 is 0 Å². The van der Waals surface area contributed by atoms with Gasteiger partial charge in [0.25, 0.3) is 0 Å². The standard InChI is InChI=1S/C22H30F2N2O/c23-19-7-4-8-20(24)18(19)15-25-12-11-21-17(14-25)9-10-22(27)26(21)13-16-5-2-1-3-6-16/h4,7-8,16-17,21H,1-3,5-6,9-15H2/t17-,21+/m1/s1. The number of amides is 1. The summed E-state index contributed by atoms with van der Waals surface area (Å²) in [5, 5.41) is 0. The van der Waals surface area contributed by atoms with E-state index < -0.39 is 11.6 Å². The first kappa shape index (κ1) is 18.9. The van der Waals surface area contributed by atoms with E-state index in [4.69, 9.17) is 0 Å². The Labute approximate surface area is 160 Å². The average molecular weight is 376 g/mol. The molecule has 27 heavy (non-hydrogen) atoms. The largest absolute Gasteiger partial charge is 0.339 e. The smallest absolute Gasteiger partial charge is 0.222 e. The van der Waals surface area contributed by atoms with E-state index in [-0.39, 0.29) is 5.56 Å². The van der Waals surface area contributed by atoms with Crippen LogP contribution in [0.3, 0.4) is 0 Å². The topological polar surface area (TPSA) is 23.6 Å². The molecule has 5 heteroatoms. The number of hydrogen-bond donors (Lipinski definition) is 0. The van der Waals surface area contributed by atoms with Crippen molar-refractivity contribution < 1.29 is 13.6 Å². The van der Waals surface area contributed by atoms with Crippen molar-refractivity contribution >= 4 is 5.91 Å². The van der Waals surface area contributed by atoms with Crippen LogP contribution in [0.2, 0.25) is 0 Å². The molecule has 2 aliphatic heterocycles. The summed E-state index contributed by atoms with van der Waals surface area (Å²) < 4.78 is 28.0. The molecular formula is C22H30F2N2O. The lowest BCUT2D eigenvalue weighted by atomic mass is 9.81. The molecule has 0 radical (unpaired) electrons. The number of hydrogen-bond acceptors (Lipinski definition) is 2. The second-order valence-corrected chi connectivity index (χ2v) is 8.64. The van der Waals surface area contributed by atoms with E-state index in [0.717, 1.165) is 32.5 Å². The molecule has 0 unspecified atom stereocenters. The number of fused-ring (bicyclic) bond motifs is 1. The molecule has 3 nitrogen and oxygen atoms in total. The molecular weight excluding hydrogens is 346 g/mol. The molecule has 3 fully saturated rings. The molecule has 148 valence electrons. The van der Waals surface area contributed by atoms with Crippen molar-refractivity contribution in [3.05, 3.63) is 35.4 Å².